The van der Waals surface area contributed by atoms with Gasteiger partial charge in [0.15, 0.2) is 0 Å². The number of hydrogen-bond donors (Lipinski definition) is 3. The summed E-state index contributed by atoms with van der Waals surface area (Å²) < 4.78 is 26.7. The molecule has 0 saturated carbocycles. The van der Waals surface area contributed by atoms with Crippen molar-refractivity contribution in [1.82, 2.24) is 4.72 Å². The van der Waals surface area contributed by atoms with Crippen molar-refractivity contribution in [3.63, 3.8) is 0 Å². The topological polar surface area (TPSA) is 127 Å². The molecule has 1 heterocycles. The second-order valence-electron chi connectivity index (χ2n) is 4.30. The van der Waals surface area contributed by atoms with Gasteiger partial charge < -0.3 is 10.8 Å². The third kappa shape index (κ3) is 3.78. The van der Waals surface area contributed by atoms with Gasteiger partial charge in [-0.15, -0.1) is 11.3 Å². The molecule has 0 aliphatic carbocycles. The van der Waals surface area contributed by atoms with Crippen LogP contribution in [0.15, 0.2) is 14.7 Å². The summed E-state index contributed by atoms with van der Waals surface area (Å²) in [5.41, 5.74) is 5.15. The first-order chi connectivity index (χ1) is 9.06. The summed E-state index contributed by atoms with van der Waals surface area (Å²) in [6.45, 7) is 3.28. The highest BCUT2D eigenvalue weighted by Crippen LogP contribution is 2.31. The number of carbonyl (C=O) groups is 2. The second kappa shape index (κ2) is 6.20. The number of nitrogens with one attached hydrogen (secondary N) is 1. The third-order valence-corrected chi connectivity index (χ3v) is 6.09. The largest absolute Gasteiger partial charge is 0.477 e. The highest BCUT2D eigenvalue weighted by atomic mass is 79.9. The molecule has 0 spiro atoms. The van der Waals surface area contributed by atoms with Crippen molar-refractivity contribution in [1.29, 1.82) is 0 Å². The van der Waals surface area contributed by atoms with Crippen LogP contribution in [-0.4, -0.2) is 31.4 Å². The molecule has 1 rings (SSSR count). The zero-order valence-electron chi connectivity index (χ0n) is 10.6. The van der Waals surface area contributed by atoms with Crippen LogP contribution in [0.5, 0.6) is 0 Å². The number of aromatic carboxylic acids is 1. The Morgan fingerprint density at radius 3 is 2.35 bits per heavy atom. The fourth-order valence-corrected chi connectivity index (χ4v) is 5.15. The molecule has 0 aromatic carbocycles. The first-order valence-corrected chi connectivity index (χ1v) is 8.49. The van der Waals surface area contributed by atoms with E-state index < -0.39 is 27.9 Å². The van der Waals surface area contributed by atoms with Gasteiger partial charge in [-0.1, -0.05) is 13.8 Å². The zero-order valence-corrected chi connectivity index (χ0v) is 13.8. The van der Waals surface area contributed by atoms with Gasteiger partial charge in [0.05, 0.1) is 3.79 Å². The van der Waals surface area contributed by atoms with Crippen molar-refractivity contribution < 1.29 is 23.1 Å². The van der Waals surface area contributed by atoms with Crippen molar-refractivity contribution in [2.45, 2.75) is 24.8 Å². The molecular formula is C10H13BrN2O5S2. The summed E-state index contributed by atoms with van der Waals surface area (Å²) in [5.74, 6) is -2.36. The number of thiophene rings is 1. The van der Waals surface area contributed by atoms with Crippen molar-refractivity contribution in [3.8, 4) is 0 Å². The average molecular weight is 385 g/mol. The molecular weight excluding hydrogens is 372 g/mol. The molecule has 1 aromatic rings. The van der Waals surface area contributed by atoms with E-state index in [0.29, 0.717) is 0 Å². The zero-order chi connectivity index (χ0) is 15.7. The van der Waals surface area contributed by atoms with Crippen LogP contribution in [0.1, 0.15) is 23.5 Å². The van der Waals surface area contributed by atoms with Crippen molar-refractivity contribution in [3.05, 3.63) is 14.7 Å². The summed E-state index contributed by atoms with van der Waals surface area (Å²) in [4.78, 5) is 21.7. The van der Waals surface area contributed by atoms with Crippen LogP contribution in [0.4, 0.5) is 0 Å². The summed E-state index contributed by atoms with van der Waals surface area (Å²) in [5, 5.41) is 8.85. The molecule has 1 atom stereocenters. The van der Waals surface area contributed by atoms with Crippen LogP contribution in [0.25, 0.3) is 0 Å². The van der Waals surface area contributed by atoms with Gasteiger partial charge in [-0.3, -0.25) is 4.79 Å². The Morgan fingerprint density at radius 1 is 1.45 bits per heavy atom. The molecule has 7 nitrogen and oxygen atoms in total. The Balaban J connectivity index is 3.17. The van der Waals surface area contributed by atoms with E-state index in [4.69, 9.17) is 10.8 Å². The molecule has 112 valence electrons. The van der Waals surface area contributed by atoms with Gasteiger partial charge in [0.25, 0.3) is 0 Å². The minimum Gasteiger partial charge on any atom is -0.477 e. The Kier molecular flexibility index (Phi) is 5.30. The van der Waals surface area contributed by atoms with Gasteiger partial charge in [0.1, 0.15) is 15.8 Å². The van der Waals surface area contributed by atoms with Crippen molar-refractivity contribution in [2.75, 3.05) is 0 Å². The summed E-state index contributed by atoms with van der Waals surface area (Å²) >= 11 is 3.78. The SMILES string of the molecule is CC(C)C(NS(=O)(=O)c1cc(C(=O)O)sc1Br)C(N)=O. The molecule has 20 heavy (non-hydrogen) atoms. The van der Waals surface area contributed by atoms with E-state index in [1.807, 2.05) is 0 Å². The number of halogens is 1. The monoisotopic (exact) mass is 384 g/mol. The molecule has 0 bridgehead atoms. The van der Waals surface area contributed by atoms with E-state index in [1.54, 1.807) is 13.8 Å². The first-order valence-electron chi connectivity index (χ1n) is 5.40. The van der Waals surface area contributed by atoms with Crippen LogP contribution >= 0.6 is 27.3 Å². The lowest BCUT2D eigenvalue weighted by Gasteiger charge is -2.18. The minimum atomic E-state index is -4.04. The predicted molar refractivity (Wildman–Crippen MR) is 77.1 cm³/mol. The van der Waals surface area contributed by atoms with Crippen LogP contribution in [-0.2, 0) is 14.8 Å². The maximum absolute atomic E-state index is 12.2. The first kappa shape index (κ1) is 17.1. The highest BCUT2D eigenvalue weighted by Gasteiger charge is 2.29. The number of rotatable bonds is 6. The summed E-state index contributed by atoms with van der Waals surface area (Å²) in [6.07, 6.45) is 0. The van der Waals surface area contributed by atoms with E-state index >= 15 is 0 Å². The van der Waals surface area contributed by atoms with Crippen LogP contribution < -0.4 is 10.5 Å². The Hall–Kier alpha value is -0.970. The van der Waals surface area contributed by atoms with Crippen LogP contribution in [0, 0.1) is 5.92 Å². The fraction of sp³-hybridized carbons (Fsp3) is 0.400. The number of carbonyl (C=O) groups excluding carboxylic acids is 1. The quantitative estimate of drug-likeness (QED) is 0.673. The van der Waals surface area contributed by atoms with Crippen LogP contribution in [0.2, 0.25) is 0 Å². The molecule has 0 saturated heterocycles. The van der Waals surface area contributed by atoms with E-state index in [0.717, 1.165) is 17.4 Å². The second-order valence-corrected chi connectivity index (χ2v) is 8.35. The lowest BCUT2D eigenvalue weighted by atomic mass is 10.1. The maximum Gasteiger partial charge on any atom is 0.345 e. The Bertz CT molecular complexity index is 638. The summed E-state index contributed by atoms with van der Waals surface area (Å²) in [7, 11) is -4.04. The number of carboxylic acids is 1. The number of nitrogens with two attached hydrogens (primary N) is 1. The van der Waals surface area contributed by atoms with Gasteiger partial charge in [-0.05, 0) is 27.9 Å². The minimum absolute atomic E-state index is 0.127. The number of carboxylic acid groups (broad SMARTS) is 1. The fourth-order valence-electron chi connectivity index (χ4n) is 1.39. The molecule has 1 aromatic heterocycles. The predicted octanol–water partition coefficient (Wildman–Crippen LogP) is 0.997. The number of amides is 1. The lowest BCUT2D eigenvalue weighted by Crippen LogP contribution is -2.47. The van der Waals surface area contributed by atoms with Crippen molar-refractivity contribution in [2.24, 2.45) is 11.7 Å². The smallest absolute Gasteiger partial charge is 0.345 e. The van der Waals surface area contributed by atoms with E-state index in [2.05, 4.69) is 20.7 Å². The number of primary amides is 1. The highest BCUT2D eigenvalue weighted by molar-refractivity contribution is 9.11. The summed E-state index contributed by atoms with van der Waals surface area (Å²) in [6, 6.07) is -0.0438. The Labute approximate surface area is 128 Å². The van der Waals surface area contributed by atoms with Crippen LogP contribution in [0.3, 0.4) is 0 Å². The average Bonchev–Trinajstić information content (AvgIpc) is 2.68. The molecule has 4 N–H and O–H groups in total. The van der Waals surface area contributed by atoms with E-state index in [1.165, 1.54) is 0 Å². The van der Waals surface area contributed by atoms with Gasteiger partial charge in [-0.2, -0.15) is 4.72 Å². The van der Waals surface area contributed by atoms with E-state index in [-0.39, 0.29) is 19.5 Å². The van der Waals surface area contributed by atoms with E-state index in [9.17, 15) is 18.0 Å². The lowest BCUT2D eigenvalue weighted by molar-refractivity contribution is -0.120. The van der Waals surface area contributed by atoms with Gasteiger partial charge >= 0.3 is 5.97 Å². The van der Waals surface area contributed by atoms with Gasteiger partial charge in [-0.25, -0.2) is 13.2 Å². The standard InChI is InChI=1S/C10H13BrN2O5S2/c1-4(2)7(9(12)14)13-20(17,18)6-3-5(10(15)16)19-8(6)11/h3-4,7,13H,1-2H3,(H2,12,14)(H,15,16). The molecule has 1 unspecified atom stereocenters. The molecule has 10 heteroatoms. The number of sulfonamides is 1. The normalized spacial score (nSPS) is 13.4. The number of hydrogen-bond acceptors (Lipinski definition) is 5. The third-order valence-electron chi connectivity index (χ3n) is 2.41. The molecule has 0 radical (unpaired) electrons. The molecule has 1 amide bonds. The maximum atomic E-state index is 12.2. The molecule has 0 aliphatic heterocycles. The van der Waals surface area contributed by atoms with Gasteiger partial charge in [0.2, 0.25) is 15.9 Å². The van der Waals surface area contributed by atoms with Gasteiger partial charge in [0, 0.05) is 0 Å². The molecule has 0 aliphatic rings. The van der Waals surface area contributed by atoms with Crippen molar-refractivity contribution >= 4 is 49.2 Å². The molecule has 0 fully saturated rings. The Morgan fingerprint density at radius 2 is 2.00 bits per heavy atom.